The van der Waals surface area contributed by atoms with Gasteiger partial charge in [0.05, 0.1) is 5.88 Å². The van der Waals surface area contributed by atoms with E-state index in [2.05, 4.69) is 0 Å². The molecule has 0 aliphatic carbocycles. The number of aliphatic hydroxyl groups is 1. The predicted molar refractivity (Wildman–Crippen MR) is 68.3 cm³/mol. The molecule has 0 bridgehead atoms. The number of rotatable bonds is 4. The first-order chi connectivity index (χ1) is 9.76. The van der Waals surface area contributed by atoms with Crippen molar-refractivity contribution in [3.05, 3.63) is 0 Å². The Bertz CT molecular complexity index is 412. The van der Waals surface area contributed by atoms with Crippen molar-refractivity contribution in [2.24, 2.45) is 0 Å². The largest absolute Gasteiger partial charge is 0.456 e. The molecule has 0 aromatic heterocycles. The van der Waals surface area contributed by atoms with E-state index in [0.717, 1.165) is 20.8 Å². The summed E-state index contributed by atoms with van der Waals surface area (Å²) in [6.45, 7) is 3.40. The van der Waals surface area contributed by atoms with Gasteiger partial charge in [0.25, 0.3) is 0 Å². The monoisotopic (exact) mass is 324 g/mol. The minimum Gasteiger partial charge on any atom is -0.456 e. The van der Waals surface area contributed by atoms with Crippen LogP contribution in [0.3, 0.4) is 0 Å². The highest BCUT2D eigenvalue weighted by Crippen LogP contribution is 2.28. The smallest absolute Gasteiger partial charge is 0.303 e. The minimum atomic E-state index is -1.56. The van der Waals surface area contributed by atoms with Gasteiger partial charge in [-0.1, -0.05) is 0 Å². The van der Waals surface area contributed by atoms with Crippen molar-refractivity contribution in [1.82, 2.24) is 0 Å². The summed E-state index contributed by atoms with van der Waals surface area (Å²) in [6.07, 6.45) is -6.12. The molecule has 1 aliphatic heterocycles. The molecule has 0 aromatic rings. The van der Waals surface area contributed by atoms with Crippen LogP contribution in [0, 0.1) is 0 Å². The second-order valence-corrected chi connectivity index (χ2v) is 4.75. The van der Waals surface area contributed by atoms with Crippen LogP contribution in [0.4, 0.5) is 0 Å². The molecule has 0 radical (unpaired) electrons. The van der Waals surface area contributed by atoms with Gasteiger partial charge in [-0.15, -0.1) is 11.6 Å². The Kier molecular flexibility index (Phi) is 6.38. The molecule has 5 atom stereocenters. The molecule has 1 fully saturated rings. The molecule has 1 saturated heterocycles. The van der Waals surface area contributed by atoms with E-state index in [1.807, 2.05) is 0 Å². The summed E-state index contributed by atoms with van der Waals surface area (Å²) in [7, 11) is 0. The lowest BCUT2D eigenvalue weighted by Gasteiger charge is -2.42. The second-order valence-electron chi connectivity index (χ2n) is 4.44. The van der Waals surface area contributed by atoms with Gasteiger partial charge in [-0.2, -0.15) is 0 Å². The number of ether oxygens (including phenoxy) is 4. The summed E-state index contributed by atoms with van der Waals surface area (Å²) < 4.78 is 20.1. The van der Waals surface area contributed by atoms with Crippen molar-refractivity contribution in [3.63, 3.8) is 0 Å². The number of aliphatic hydroxyl groups excluding tert-OH is 1. The number of hydrogen-bond acceptors (Lipinski definition) is 8. The van der Waals surface area contributed by atoms with Gasteiger partial charge in [0.1, 0.15) is 6.10 Å². The summed E-state index contributed by atoms with van der Waals surface area (Å²) in [6, 6.07) is 0. The van der Waals surface area contributed by atoms with Gasteiger partial charge in [-0.05, 0) is 0 Å². The molecule has 1 rings (SSSR count). The number of hydrogen-bond donors (Lipinski definition) is 1. The van der Waals surface area contributed by atoms with Crippen molar-refractivity contribution in [3.8, 4) is 0 Å². The quantitative estimate of drug-likeness (QED) is 0.428. The van der Waals surface area contributed by atoms with E-state index in [1.54, 1.807) is 0 Å². The molecular weight excluding hydrogens is 308 g/mol. The van der Waals surface area contributed by atoms with Crippen LogP contribution in [0.15, 0.2) is 0 Å². The zero-order valence-corrected chi connectivity index (χ0v) is 12.5. The molecule has 0 amide bonds. The molecule has 0 aromatic carbocycles. The maximum absolute atomic E-state index is 11.2. The number of carbonyl (C=O) groups excluding carboxylic acids is 3. The van der Waals surface area contributed by atoms with Crippen LogP contribution in [0.25, 0.3) is 0 Å². The molecule has 9 heteroatoms. The first kappa shape index (κ1) is 17.7. The Morgan fingerprint density at radius 2 is 1.38 bits per heavy atom. The molecular formula is C12H17ClO8. The average Bonchev–Trinajstić information content (AvgIpc) is 2.35. The van der Waals surface area contributed by atoms with E-state index in [1.165, 1.54) is 0 Å². The maximum atomic E-state index is 11.2. The molecule has 21 heavy (non-hydrogen) atoms. The summed E-state index contributed by atoms with van der Waals surface area (Å²) in [5.74, 6) is -2.20. The highest BCUT2D eigenvalue weighted by molar-refractivity contribution is 6.18. The number of carbonyl (C=O) groups is 3. The normalized spacial score (nSPS) is 32.1. The van der Waals surface area contributed by atoms with E-state index in [9.17, 15) is 19.5 Å². The molecule has 0 saturated carbocycles. The Morgan fingerprint density at radius 1 is 0.952 bits per heavy atom. The van der Waals surface area contributed by atoms with Crippen LogP contribution < -0.4 is 0 Å². The Hall–Kier alpha value is -1.38. The number of esters is 3. The van der Waals surface area contributed by atoms with Crippen LogP contribution in [0.2, 0.25) is 0 Å². The van der Waals surface area contributed by atoms with Gasteiger partial charge in [-0.25, -0.2) is 0 Å². The van der Waals surface area contributed by atoms with E-state index < -0.39 is 48.6 Å². The van der Waals surface area contributed by atoms with Gasteiger partial charge in [0.15, 0.2) is 24.6 Å². The van der Waals surface area contributed by atoms with Crippen molar-refractivity contribution < 1.29 is 38.4 Å². The zero-order valence-electron chi connectivity index (χ0n) is 11.8. The van der Waals surface area contributed by atoms with Gasteiger partial charge in [0.2, 0.25) is 0 Å². The lowest BCUT2D eigenvalue weighted by molar-refractivity contribution is -0.287. The lowest BCUT2D eigenvalue weighted by Crippen LogP contribution is -2.61. The topological polar surface area (TPSA) is 108 Å². The van der Waals surface area contributed by atoms with Crippen LogP contribution in [0.5, 0.6) is 0 Å². The molecule has 1 N–H and O–H groups in total. The zero-order chi connectivity index (χ0) is 16.2. The van der Waals surface area contributed by atoms with Gasteiger partial charge in [-0.3, -0.25) is 14.4 Å². The minimum absolute atomic E-state index is 0.125. The molecule has 1 aliphatic rings. The van der Waals surface area contributed by atoms with Crippen LogP contribution in [0.1, 0.15) is 20.8 Å². The average molecular weight is 325 g/mol. The first-order valence-electron chi connectivity index (χ1n) is 6.17. The summed E-state index contributed by atoms with van der Waals surface area (Å²) in [5, 5.41) is 9.86. The standard InChI is InChI=1S/C12H17ClO8/c1-5(14)18-9-8(4-13)21-12(17)11(20-7(3)16)10(9)19-6(2)15/h8-12,17H,4H2,1-3H3/t8?,9-,10-,11+,12?/m1/s1. The van der Waals surface area contributed by atoms with Crippen molar-refractivity contribution in [1.29, 1.82) is 0 Å². The van der Waals surface area contributed by atoms with Gasteiger partial charge < -0.3 is 24.1 Å². The lowest BCUT2D eigenvalue weighted by atomic mass is 9.99. The Labute approximate surface area is 126 Å². The summed E-state index contributed by atoms with van der Waals surface area (Å²) >= 11 is 5.70. The third kappa shape index (κ3) is 4.83. The van der Waals surface area contributed by atoms with Crippen LogP contribution in [-0.2, 0) is 33.3 Å². The molecule has 1 heterocycles. The third-order valence-electron chi connectivity index (χ3n) is 2.67. The van der Waals surface area contributed by atoms with Gasteiger partial charge >= 0.3 is 17.9 Å². The maximum Gasteiger partial charge on any atom is 0.303 e. The molecule has 0 spiro atoms. The van der Waals surface area contributed by atoms with E-state index in [4.69, 9.17) is 30.5 Å². The predicted octanol–water partition coefficient (Wildman–Crippen LogP) is -0.263. The molecule has 120 valence electrons. The van der Waals surface area contributed by atoms with Crippen LogP contribution in [-0.4, -0.2) is 59.6 Å². The van der Waals surface area contributed by atoms with E-state index in [-0.39, 0.29) is 5.88 Å². The second kappa shape index (κ2) is 7.58. The van der Waals surface area contributed by atoms with Crippen molar-refractivity contribution in [2.75, 3.05) is 5.88 Å². The highest BCUT2D eigenvalue weighted by atomic mass is 35.5. The van der Waals surface area contributed by atoms with E-state index >= 15 is 0 Å². The van der Waals surface area contributed by atoms with Gasteiger partial charge in [0, 0.05) is 20.8 Å². The fourth-order valence-corrected chi connectivity index (χ4v) is 2.24. The molecule has 8 nitrogen and oxygen atoms in total. The Morgan fingerprint density at radius 3 is 1.81 bits per heavy atom. The SMILES string of the molecule is CC(=O)O[C@H]1[C@H](OC(C)=O)C(O)OC(CCl)[C@H]1OC(C)=O. The highest BCUT2D eigenvalue weighted by Gasteiger charge is 2.51. The van der Waals surface area contributed by atoms with Crippen molar-refractivity contribution in [2.45, 2.75) is 51.5 Å². The number of alkyl halides is 1. The Balaban J connectivity index is 3.08. The third-order valence-corrected chi connectivity index (χ3v) is 2.97. The molecule has 2 unspecified atom stereocenters. The summed E-state index contributed by atoms with van der Waals surface area (Å²) in [4.78, 5) is 33.5. The fraction of sp³-hybridized carbons (Fsp3) is 0.750. The van der Waals surface area contributed by atoms with Crippen molar-refractivity contribution >= 4 is 29.5 Å². The number of halogens is 1. The fourth-order valence-electron chi connectivity index (χ4n) is 2.00. The van der Waals surface area contributed by atoms with E-state index in [0.29, 0.717) is 0 Å². The summed E-state index contributed by atoms with van der Waals surface area (Å²) in [5.41, 5.74) is 0. The first-order valence-corrected chi connectivity index (χ1v) is 6.70. The van der Waals surface area contributed by atoms with Crippen LogP contribution >= 0.6 is 11.6 Å².